The first-order valence-corrected chi connectivity index (χ1v) is 8.52. The fraction of sp³-hybridized carbons (Fsp3) is 0.941. The molecule has 0 aliphatic heterocycles. The second-order valence-electron chi connectivity index (χ2n) is 6.97. The topological polar surface area (TPSA) is 64.4 Å². The van der Waals surface area contributed by atoms with Crippen molar-refractivity contribution in [3.8, 4) is 0 Å². The van der Waals surface area contributed by atoms with Gasteiger partial charge in [0.05, 0.1) is 6.10 Å². The van der Waals surface area contributed by atoms with Crippen molar-refractivity contribution in [2.45, 2.75) is 78.4 Å². The van der Waals surface area contributed by atoms with Gasteiger partial charge in [0.15, 0.2) is 0 Å². The van der Waals surface area contributed by atoms with Gasteiger partial charge in [0.25, 0.3) is 0 Å². The summed E-state index contributed by atoms with van der Waals surface area (Å²) in [5.74, 6) is 0.543. The highest BCUT2D eigenvalue weighted by atomic mass is 35.5. The molecular weight excluding hydrogens is 300 g/mol. The molecule has 1 aliphatic rings. The van der Waals surface area contributed by atoms with Crippen LogP contribution in [0, 0.1) is 11.3 Å². The Bertz CT molecular complexity index is 350. The van der Waals surface area contributed by atoms with Gasteiger partial charge in [0.2, 0.25) is 5.91 Å². The van der Waals surface area contributed by atoms with Gasteiger partial charge in [0, 0.05) is 25.0 Å². The third-order valence-electron chi connectivity index (χ3n) is 5.33. The van der Waals surface area contributed by atoms with Gasteiger partial charge in [-0.3, -0.25) is 4.79 Å². The van der Waals surface area contributed by atoms with E-state index in [-0.39, 0.29) is 29.8 Å². The number of ether oxygens (including phenoxy) is 1. The van der Waals surface area contributed by atoms with Crippen molar-refractivity contribution < 1.29 is 9.53 Å². The molecule has 0 aromatic heterocycles. The predicted molar refractivity (Wildman–Crippen MR) is 94.3 cm³/mol. The molecule has 1 fully saturated rings. The maximum atomic E-state index is 12.5. The molecular formula is C17H35ClN2O2. The standard InChI is InChI=1S/C17H34N2O2.ClH/c1-6-9-10-13(7-2)12-19-15(20)17(18)11-14(21-8-3)16(17,4)5;/h13-14H,6-12,18H2,1-5H3,(H,19,20);1H. The van der Waals surface area contributed by atoms with Crippen LogP contribution in [0.5, 0.6) is 0 Å². The van der Waals surface area contributed by atoms with E-state index in [2.05, 4.69) is 19.2 Å². The van der Waals surface area contributed by atoms with Crippen LogP contribution in [0.2, 0.25) is 0 Å². The molecule has 1 aliphatic carbocycles. The normalized spacial score (nSPS) is 27.5. The molecule has 3 atom stereocenters. The summed E-state index contributed by atoms with van der Waals surface area (Å²) >= 11 is 0. The van der Waals surface area contributed by atoms with Crippen LogP contribution in [-0.2, 0) is 9.53 Å². The molecule has 0 spiro atoms. The van der Waals surface area contributed by atoms with Crippen molar-refractivity contribution in [1.82, 2.24) is 5.32 Å². The monoisotopic (exact) mass is 334 g/mol. The molecule has 0 aromatic rings. The van der Waals surface area contributed by atoms with E-state index in [0.29, 0.717) is 18.9 Å². The van der Waals surface area contributed by atoms with Crippen LogP contribution in [0.25, 0.3) is 0 Å². The van der Waals surface area contributed by atoms with Gasteiger partial charge in [-0.15, -0.1) is 12.4 Å². The largest absolute Gasteiger partial charge is 0.378 e. The van der Waals surface area contributed by atoms with Crippen molar-refractivity contribution in [1.29, 1.82) is 0 Å². The van der Waals surface area contributed by atoms with Crippen molar-refractivity contribution in [3.05, 3.63) is 0 Å². The van der Waals surface area contributed by atoms with E-state index in [1.807, 2.05) is 20.8 Å². The van der Waals surface area contributed by atoms with E-state index in [4.69, 9.17) is 10.5 Å². The van der Waals surface area contributed by atoms with Gasteiger partial charge in [-0.25, -0.2) is 0 Å². The molecule has 1 rings (SSSR count). The summed E-state index contributed by atoms with van der Waals surface area (Å²) in [5.41, 5.74) is 5.28. The minimum absolute atomic E-state index is 0. The Kier molecular flexibility index (Phi) is 8.96. The summed E-state index contributed by atoms with van der Waals surface area (Å²) < 4.78 is 5.68. The number of unbranched alkanes of at least 4 members (excludes halogenated alkanes) is 1. The summed E-state index contributed by atoms with van der Waals surface area (Å²) in [6, 6.07) is 0. The number of hydrogen-bond acceptors (Lipinski definition) is 3. The summed E-state index contributed by atoms with van der Waals surface area (Å²) in [5, 5.41) is 3.08. The van der Waals surface area contributed by atoms with Gasteiger partial charge >= 0.3 is 0 Å². The Morgan fingerprint density at radius 2 is 2.00 bits per heavy atom. The number of amides is 1. The van der Waals surface area contributed by atoms with Crippen LogP contribution >= 0.6 is 12.4 Å². The first-order chi connectivity index (χ1) is 9.83. The highest BCUT2D eigenvalue weighted by Gasteiger charge is 2.62. The first-order valence-electron chi connectivity index (χ1n) is 8.52. The fourth-order valence-corrected chi connectivity index (χ4v) is 3.16. The van der Waals surface area contributed by atoms with Crippen molar-refractivity contribution in [2.75, 3.05) is 13.2 Å². The number of carbonyl (C=O) groups excluding carboxylic acids is 1. The second kappa shape index (κ2) is 9.09. The molecule has 3 N–H and O–H groups in total. The second-order valence-corrected chi connectivity index (χ2v) is 6.97. The number of hydrogen-bond donors (Lipinski definition) is 2. The quantitative estimate of drug-likeness (QED) is 0.680. The van der Waals surface area contributed by atoms with Crippen LogP contribution in [0.1, 0.15) is 66.7 Å². The van der Waals surface area contributed by atoms with E-state index in [0.717, 1.165) is 13.0 Å². The number of nitrogens with one attached hydrogen (secondary N) is 1. The van der Waals surface area contributed by atoms with Crippen LogP contribution in [-0.4, -0.2) is 30.7 Å². The van der Waals surface area contributed by atoms with Gasteiger partial charge < -0.3 is 15.8 Å². The molecule has 132 valence electrons. The number of halogens is 1. The van der Waals surface area contributed by atoms with E-state index >= 15 is 0 Å². The summed E-state index contributed by atoms with van der Waals surface area (Å²) in [7, 11) is 0. The third-order valence-corrected chi connectivity index (χ3v) is 5.33. The maximum absolute atomic E-state index is 12.5. The minimum atomic E-state index is -0.796. The molecule has 4 nitrogen and oxygen atoms in total. The van der Waals surface area contributed by atoms with Gasteiger partial charge in [-0.1, -0.05) is 47.0 Å². The molecule has 3 unspecified atom stereocenters. The Morgan fingerprint density at radius 3 is 2.45 bits per heavy atom. The Hall–Kier alpha value is -0.320. The molecule has 0 heterocycles. The Labute approximate surface area is 142 Å². The van der Waals surface area contributed by atoms with Crippen LogP contribution in [0.3, 0.4) is 0 Å². The first kappa shape index (κ1) is 21.7. The SMILES string of the molecule is CCCCC(CC)CNC(=O)C1(N)CC(OCC)C1(C)C.Cl. The number of rotatable bonds is 9. The van der Waals surface area contributed by atoms with Gasteiger partial charge in [-0.2, -0.15) is 0 Å². The molecule has 0 aromatic carbocycles. The molecule has 5 heteroatoms. The minimum Gasteiger partial charge on any atom is -0.378 e. The number of carbonyl (C=O) groups is 1. The predicted octanol–water partition coefficient (Wildman–Crippen LogP) is 3.27. The average molecular weight is 335 g/mol. The molecule has 0 radical (unpaired) electrons. The van der Waals surface area contributed by atoms with E-state index in [1.54, 1.807) is 0 Å². The zero-order chi connectivity index (χ0) is 16.1. The lowest BCUT2D eigenvalue weighted by Gasteiger charge is -2.57. The van der Waals surface area contributed by atoms with Crippen LogP contribution in [0.4, 0.5) is 0 Å². The summed E-state index contributed by atoms with van der Waals surface area (Å²) in [6.07, 6.45) is 5.40. The fourth-order valence-electron chi connectivity index (χ4n) is 3.16. The number of nitrogens with two attached hydrogens (primary N) is 1. The lowest BCUT2D eigenvalue weighted by atomic mass is 9.54. The van der Waals surface area contributed by atoms with Gasteiger partial charge in [-0.05, 0) is 19.3 Å². The lowest BCUT2D eigenvalue weighted by molar-refractivity contribution is -0.170. The highest BCUT2D eigenvalue weighted by Crippen LogP contribution is 2.49. The highest BCUT2D eigenvalue weighted by molar-refractivity contribution is 5.88. The zero-order valence-corrected chi connectivity index (χ0v) is 15.7. The summed E-state index contributed by atoms with van der Waals surface area (Å²) in [6.45, 7) is 11.8. The van der Waals surface area contributed by atoms with Crippen molar-refractivity contribution in [3.63, 3.8) is 0 Å². The molecule has 22 heavy (non-hydrogen) atoms. The van der Waals surface area contributed by atoms with Crippen LogP contribution in [0.15, 0.2) is 0 Å². The van der Waals surface area contributed by atoms with Crippen molar-refractivity contribution in [2.24, 2.45) is 17.1 Å². The summed E-state index contributed by atoms with van der Waals surface area (Å²) in [4.78, 5) is 12.5. The molecule has 1 saturated carbocycles. The van der Waals surface area contributed by atoms with E-state index < -0.39 is 5.54 Å². The average Bonchev–Trinajstić information content (AvgIpc) is 2.46. The van der Waals surface area contributed by atoms with E-state index in [9.17, 15) is 4.79 Å². The van der Waals surface area contributed by atoms with Gasteiger partial charge in [0.1, 0.15) is 5.54 Å². The maximum Gasteiger partial charge on any atom is 0.240 e. The lowest BCUT2D eigenvalue weighted by Crippen LogP contribution is -2.75. The van der Waals surface area contributed by atoms with E-state index in [1.165, 1.54) is 19.3 Å². The van der Waals surface area contributed by atoms with Crippen LogP contribution < -0.4 is 11.1 Å². The van der Waals surface area contributed by atoms with Crippen molar-refractivity contribution >= 4 is 18.3 Å². The zero-order valence-electron chi connectivity index (χ0n) is 14.9. The molecule has 0 bridgehead atoms. The Balaban J connectivity index is 0.00000441. The Morgan fingerprint density at radius 1 is 1.36 bits per heavy atom. The smallest absolute Gasteiger partial charge is 0.240 e. The molecule has 0 saturated heterocycles. The molecule has 1 amide bonds. The third kappa shape index (κ3) is 4.36.